The Hall–Kier alpha value is -0.0300. The molecule has 1 aliphatic carbocycles. The molecular weight excluding hydrogens is 309 g/mol. The zero-order valence-electron chi connectivity index (χ0n) is 13.0. The Morgan fingerprint density at radius 1 is 1.10 bits per heavy atom. The fraction of sp³-hybridized carbons (Fsp3) is 0.933. The monoisotopic (exact) mass is 339 g/mol. The van der Waals surface area contributed by atoms with Gasteiger partial charge in [0, 0.05) is 25.0 Å². The number of amides is 1. The first-order valence-electron chi connectivity index (χ1n) is 7.99. The second kappa shape index (κ2) is 11.5. The van der Waals surface area contributed by atoms with Crippen LogP contribution in [-0.2, 0) is 4.79 Å². The van der Waals surface area contributed by atoms with E-state index in [4.69, 9.17) is 0 Å². The number of hydrogen-bond donors (Lipinski definition) is 3. The molecule has 0 aromatic rings. The summed E-state index contributed by atoms with van der Waals surface area (Å²) in [6, 6.07) is 0.674. The van der Waals surface area contributed by atoms with Crippen molar-refractivity contribution in [1.82, 2.24) is 16.0 Å². The van der Waals surface area contributed by atoms with Gasteiger partial charge in [-0.3, -0.25) is 4.79 Å². The smallest absolute Gasteiger partial charge is 0.223 e. The Labute approximate surface area is 141 Å². The molecule has 1 heterocycles. The number of hydrogen-bond acceptors (Lipinski definition) is 3. The first kappa shape index (κ1) is 21.0. The molecule has 0 spiro atoms. The second-order valence-corrected chi connectivity index (χ2v) is 6.14. The minimum absolute atomic E-state index is 0. The van der Waals surface area contributed by atoms with Crippen LogP contribution < -0.4 is 16.0 Å². The summed E-state index contributed by atoms with van der Waals surface area (Å²) in [6.07, 6.45) is 8.10. The van der Waals surface area contributed by atoms with Crippen LogP contribution in [0.3, 0.4) is 0 Å². The van der Waals surface area contributed by atoms with Crippen molar-refractivity contribution in [2.45, 2.75) is 51.5 Å². The lowest BCUT2D eigenvalue weighted by Crippen LogP contribution is -2.50. The van der Waals surface area contributed by atoms with E-state index in [1.54, 1.807) is 0 Å². The molecule has 126 valence electrons. The summed E-state index contributed by atoms with van der Waals surface area (Å²) in [5.41, 5.74) is 0. The van der Waals surface area contributed by atoms with Crippen molar-refractivity contribution in [3.8, 4) is 0 Å². The summed E-state index contributed by atoms with van der Waals surface area (Å²) in [4.78, 5) is 11.9. The first-order chi connectivity index (χ1) is 9.27. The highest BCUT2D eigenvalue weighted by atomic mass is 35.5. The number of halogens is 2. The van der Waals surface area contributed by atoms with E-state index in [2.05, 4.69) is 16.0 Å². The standard InChI is InChI=1S/C15H29N3O.2ClH/c1-12(13-10-16-11-13)15(19)18-9-8-17-14-6-4-2-3-5-7-14;;/h12-14,16-17H,2-11H2,1H3,(H,18,19);2*1H. The summed E-state index contributed by atoms with van der Waals surface area (Å²) in [5.74, 6) is 0.906. The molecule has 21 heavy (non-hydrogen) atoms. The number of carbonyl (C=O) groups excluding carboxylic acids is 1. The number of rotatable bonds is 6. The lowest BCUT2D eigenvalue weighted by Gasteiger charge is -2.31. The van der Waals surface area contributed by atoms with Crippen LogP contribution in [-0.4, -0.2) is 38.1 Å². The van der Waals surface area contributed by atoms with Crippen molar-refractivity contribution < 1.29 is 4.79 Å². The number of carbonyl (C=O) groups is 1. The van der Waals surface area contributed by atoms with Gasteiger partial charge in [-0.15, -0.1) is 24.8 Å². The summed E-state index contributed by atoms with van der Waals surface area (Å²) in [7, 11) is 0. The first-order valence-corrected chi connectivity index (χ1v) is 7.99. The van der Waals surface area contributed by atoms with Crippen LogP contribution in [0.15, 0.2) is 0 Å². The molecule has 4 nitrogen and oxygen atoms in total. The third kappa shape index (κ3) is 7.18. The van der Waals surface area contributed by atoms with E-state index in [1.807, 2.05) is 6.92 Å². The van der Waals surface area contributed by atoms with E-state index in [-0.39, 0.29) is 36.6 Å². The van der Waals surface area contributed by atoms with Crippen molar-refractivity contribution in [3.05, 3.63) is 0 Å². The van der Waals surface area contributed by atoms with Crippen LogP contribution in [0, 0.1) is 11.8 Å². The zero-order valence-corrected chi connectivity index (χ0v) is 14.7. The highest BCUT2D eigenvalue weighted by molar-refractivity contribution is 5.85. The zero-order chi connectivity index (χ0) is 13.5. The van der Waals surface area contributed by atoms with Crippen molar-refractivity contribution in [2.24, 2.45) is 11.8 Å². The molecule has 1 amide bonds. The van der Waals surface area contributed by atoms with Crippen LogP contribution in [0.25, 0.3) is 0 Å². The number of nitrogens with one attached hydrogen (secondary N) is 3. The lowest BCUT2D eigenvalue weighted by atomic mass is 9.88. The third-order valence-electron chi connectivity index (χ3n) is 4.65. The molecule has 6 heteroatoms. The second-order valence-electron chi connectivity index (χ2n) is 6.14. The van der Waals surface area contributed by atoms with Crippen molar-refractivity contribution in [3.63, 3.8) is 0 Å². The Morgan fingerprint density at radius 3 is 2.24 bits per heavy atom. The van der Waals surface area contributed by atoms with Crippen LogP contribution in [0.2, 0.25) is 0 Å². The van der Waals surface area contributed by atoms with Gasteiger partial charge in [-0.25, -0.2) is 0 Å². The van der Waals surface area contributed by atoms with Gasteiger partial charge in [0.25, 0.3) is 0 Å². The fourth-order valence-electron chi connectivity index (χ4n) is 2.99. The van der Waals surface area contributed by atoms with Gasteiger partial charge in [-0.05, 0) is 31.8 Å². The summed E-state index contributed by atoms with van der Waals surface area (Å²) < 4.78 is 0. The van der Waals surface area contributed by atoms with Crippen LogP contribution in [0.5, 0.6) is 0 Å². The van der Waals surface area contributed by atoms with Gasteiger partial charge < -0.3 is 16.0 Å². The predicted molar refractivity (Wildman–Crippen MR) is 92.5 cm³/mol. The Bertz CT molecular complexity index is 280. The molecule has 0 radical (unpaired) electrons. The lowest BCUT2D eigenvalue weighted by molar-refractivity contribution is -0.126. The van der Waals surface area contributed by atoms with E-state index in [0.29, 0.717) is 12.0 Å². The summed E-state index contributed by atoms with van der Waals surface area (Å²) in [6.45, 7) is 5.70. The van der Waals surface area contributed by atoms with Crippen LogP contribution in [0.1, 0.15) is 45.4 Å². The fourth-order valence-corrected chi connectivity index (χ4v) is 2.99. The van der Waals surface area contributed by atoms with Gasteiger partial charge in [-0.2, -0.15) is 0 Å². The molecule has 0 aromatic carbocycles. The molecule has 1 aliphatic heterocycles. The largest absolute Gasteiger partial charge is 0.355 e. The van der Waals surface area contributed by atoms with E-state index >= 15 is 0 Å². The van der Waals surface area contributed by atoms with E-state index in [1.165, 1.54) is 38.5 Å². The highest BCUT2D eigenvalue weighted by Gasteiger charge is 2.28. The molecule has 2 aliphatic rings. The predicted octanol–water partition coefficient (Wildman–Crippen LogP) is 2.11. The van der Waals surface area contributed by atoms with Crippen molar-refractivity contribution in [2.75, 3.05) is 26.2 Å². The van der Waals surface area contributed by atoms with E-state index in [0.717, 1.165) is 26.2 Å². The van der Waals surface area contributed by atoms with Gasteiger partial charge in [0.1, 0.15) is 0 Å². The van der Waals surface area contributed by atoms with E-state index in [9.17, 15) is 4.79 Å². The minimum atomic E-state index is 0. The highest BCUT2D eigenvalue weighted by Crippen LogP contribution is 2.17. The maximum Gasteiger partial charge on any atom is 0.223 e. The maximum absolute atomic E-state index is 11.9. The SMILES string of the molecule is CC(C(=O)NCCNC1CCCCCC1)C1CNC1.Cl.Cl. The average molecular weight is 340 g/mol. The van der Waals surface area contributed by atoms with Gasteiger partial charge in [-0.1, -0.05) is 32.6 Å². The minimum Gasteiger partial charge on any atom is -0.355 e. The van der Waals surface area contributed by atoms with Gasteiger partial charge in [0.2, 0.25) is 5.91 Å². The van der Waals surface area contributed by atoms with E-state index < -0.39 is 0 Å². The molecular formula is C15H31Cl2N3O. The van der Waals surface area contributed by atoms with Crippen LogP contribution >= 0.6 is 24.8 Å². The van der Waals surface area contributed by atoms with Gasteiger partial charge >= 0.3 is 0 Å². The molecule has 2 rings (SSSR count). The van der Waals surface area contributed by atoms with Gasteiger partial charge in [0.05, 0.1) is 0 Å². The Balaban J connectivity index is 0.00000200. The summed E-state index contributed by atoms with van der Waals surface area (Å²) >= 11 is 0. The molecule has 0 bridgehead atoms. The topological polar surface area (TPSA) is 53.2 Å². The molecule has 2 fully saturated rings. The van der Waals surface area contributed by atoms with Gasteiger partial charge in [0.15, 0.2) is 0 Å². The van der Waals surface area contributed by atoms with Crippen LogP contribution in [0.4, 0.5) is 0 Å². The molecule has 3 N–H and O–H groups in total. The molecule has 1 saturated carbocycles. The quantitative estimate of drug-likeness (QED) is 0.513. The normalized spacial score (nSPS) is 21.2. The third-order valence-corrected chi connectivity index (χ3v) is 4.65. The maximum atomic E-state index is 11.9. The Kier molecular flexibility index (Phi) is 11.5. The average Bonchev–Trinajstić information content (AvgIpc) is 2.60. The van der Waals surface area contributed by atoms with Crippen molar-refractivity contribution in [1.29, 1.82) is 0 Å². The Morgan fingerprint density at radius 2 is 1.71 bits per heavy atom. The molecule has 1 saturated heterocycles. The molecule has 1 unspecified atom stereocenters. The molecule has 1 atom stereocenters. The molecule has 0 aromatic heterocycles. The van der Waals surface area contributed by atoms with Crippen molar-refractivity contribution >= 4 is 30.7 Å². The summed E-state index contributed by atoms with van der Waals surface area (Å²) in [5, 5.41) is 9.86.